The van der Waals surface area contributed by atoms with Crippen LogP contribution in [-0.2, 0) is 14.8 Å². The van der Waals surface area contributed by atoms with Crippen LogP contribution in [0.1, 0.15) is 0 Å². The fourth-order valence-corrected chi connectivity index (χ4v) is 3.15. The molecule has 8 heteroatoms. The molecule has 0 bridgehead atoms. The minimum absolute atomic E-state index is 0.0582. The van der Waals surface area contributed by atoms with Gasteiger partial charge in [0.25, 0.3) is 0 Å². The zero-order valence-corrected chi connectivity index (χ0v) is 11.0. The number of sulfonamides is 1. The predicted octanol–water partition coefficient (Wildman–Crippen LogP) is -0.0414. The van der Waals surface area contributed by atoms with E-state index in [-0.39, 0.29) is 4.90 Å². The van der Waals surface area contributed by atoms with Crippen molar-refractivity contribution in [2.24, 2.45) is 0 Å². The normalized spacial score (nSPS) is 13.2. The highest BCUT2D eigenvalue weighted by Crippen LogP contribution is 2.21. The van der Waals surface area contributed by atoms with Crippen molar-refractivity contribution in [1.82, 2.24) is 9.71 Å². The standard InChI is InChI=1S/C12H12N2O5S/c15-7-10(12(16)17)14-20(18,19)11-3-1-2-8-6-13-5-4-9(8)11/h1-6,10,14-15H,7H2,(H,16,17). The molecule has 0 aliphatic heterocycles. The quantitative estimate of drug-likeness (QED) is 0.712. The van der Waals surface area contributed by atoms with Crippen LogP contribution in [0.4, 0.5) is 0 Å². The lowest BCUT2D eigenvalue weighted by atomic mass is 10.2. The summed E-state index contributed by atoms with van der Waals surface area (Å²) in [6, 6.07) is 4.53. The van der Waals surface area contributed by atoms with Gasteiger partial charge in [0.15, 0.2) is 0 Å². The van der Waals surface area contributed by atoms with Gasteiger partial charge in [-0.3, -0.25) is 9.78 Å². The van der Waals surface area contributed by atoms with Crippen LogP contribution in [-0.4, -0.2) is 42.2 Å². The molecular formula is C12H12N2O5S. The van der Waals surface area contributed by atoms with Crippen LogP contribution in [0, 0.1) is 0 Å². The largest absolute Gasteiger partial charge is 0.480 e. The average Bonchev–Trinajstić information content (AvgIpc) is 2.43. The Morgan fingerprint density at radius 1 is 1.35 bits per heavy atom. The number of aliphatic carboxylic acids is 1. The van der Waals surface area contributed by atoms with E-state index >= 15 is 0 Å². The Kier molecular flexibility index (Phi) is 3.98. The van der Waals surface area contributed by atoms with Gasteiger partial charge in [-0.1, -0.05) is 12.1 Å². The number of carbonyl (C=O) groups is 1. The van der Waals surface area contributed by atoms with Crippen LogP contribution in [0.15, 0.2) is 41.6 Å². The third-order valence-electron chi connectivity index (χ3n) is 2.71. The van der Waals surface area contributed by atoms with Gasteiger partial charge in [-0.15, -0.1) is 0 Å². The van der Waals surface area contributed by atoms with Crippen molar-refractivity contribution in [3.05, 3.63) is 36.7 Å². The molecule has 1 aromatic heterocycles. The molecule has 3 N–H and O–H groups in total. The summed E-state index contributed by atoms with van der Waals surface area (Å²) in [6.45, 7) is -0.832. The Labute approximate surface area is 114 Å². The number of aliphatic hydroxyl groups is 1. The molecule has 0 amide bonds. The second kappa shape index (κ2) is 5.53. The maximum absolute atomic E-state index is 12.2. The summed E-state index contributed by atoms with van der Waals surface area (Å²) in [5, 5.41) is 18.7. The number of hydrogen-bond donors (Lipinski definition) is 3. The molecular weight excluding hydrogens is 284 g/mol. The van der Waals surface area contributed by atoms with Gasteiger partial charge >= 0.3 is 5.97 Å². The number of hydrogen-bond acceptors (Lipinski definition) is 5. The summed E-state index contributed by atoms with van der Waals surface area (Å²) in [4.78, 5) is 14.6. The maximum atomic E-state index is 12.2. The highest BCUT2D eigenvalue weighted by molar-refractivity contribution is 7.89. The number of carboxylic acid groups (broad SMARTS) is 1. The molecule has 2 aromatic rings. The Hall–Kier alpha value is -2.03. The summed E-state index contributed by atoms with van der Waals surface area (Å²) < 4.78 is 26.4. The zero-order valence-electron chi connectivity index (χ0n) is 10.2. The van der Waals surface area contributed by atoms with E-state index in [4.69, 9.17) is 10.2 Å². The average molecular weight is 296 g/mol. The van der Waals surface area contributed by atoms with Crippen molar-refractivity contribution in [2.75, 3.05) is 6.61 Å². The van der Waals surface area contributed by atoms with E-state index in [0.29, 0.717) is 10.8 Å². The topological polar surface area (TPSA) is 117 Å². The van der Waals surface area contributed by atoms with E-state index in [1.54, 1.807) is 6.07 Å². The Morgan fingerprint density at radius 3 is 2.75 bits per heavy atom. The molecule has 1 atom stereocenters. The van der Waals surface area contributed by atoms with Gasteiger partial charge in [0.2, 0.25) is 10.0 Å². The van der Waals surface area contributed by atoms with Crippen LogP contribution in [0.2, 0.25) is 0 Å². The second-order valence-corrected chi connectivity index (χ2v) is 5.73. The number of aromatic nitrogens is 1. The molecule has 0 fully saturated rings. The van der Waals surface area contributed by atoms with E-state index in [0.717, 1.165) is 0 Å². The van der Waals surface area contributed by atoms with E-state index in [2.05, 4.69) is 4.98 Å². The van der Waals surface area contributed by atoms with Crippen molar-refractivity contribution in [3.8, 4) is 0 Å². The van der Waals surface area contributed by atoms with Gasteiger partial charge in [0.05, 0.1) is 11.5 Å². The lowest BCUT2D eigenvalue weighted by molar-refractivity contribution is -0.139. The summed E-state index contributed by atoms with van der Waals surface area (Å²) in [6.07, 6.45) is 2.96. The van der Waals surface area contributed by atoms with Crippen molar-refractivity contribution in [3.63, 3.8) is 0 Å². The SMILES string of the molecule is O=C(O)C(CO)NS(=O)(=O)c1cccc2cnccc12. The summed E-state index contributed by atoms with van der Waals surface area (Å²) >= 11 is 0. The summed E-state index contributed by atoms with van der Waals surface area (Å²) in [5.41, 5.74) is 0. The van der Waals surface area contributed by atoms with Gasteiger partial charge in [0.1, 0.15) is 6.04 Å². The van der Waals surface area contributed by atoms with Crippen LogP contribution in [0.5, 0.6) is 0 Å². The fourth-order valence-electron chi connectivity index (χ4n) is 1.74. The Balaban J connectivity index is 2.50. The van der Waals surface area contributed by atoms with Crippen molar-refractivity contribution >= 4 is 26.8 Å². The molecule has 0 saturated heterocycles. The third kappa shape index (κ3) is 2.77. The summed E-state index contributed by atoms with van der Waals surface area (Å²) in [7, 11) is -4.06. The first-order valence-electron chi connectivity index (χ1n) is 5.64. The molecule has 1 aromatic carbocycles. The first kappa shape index (κ1) is 14.4. The first-order chi connectivity index (χ1) is 9.45. The Bertz CT molecular complexity index is 739. The number of rotatable bonds is 5. The minimum Gasteiger partial charge on any atom is -0.480 e. The number of benzene rings is 1. The lowest BCUT2D eigenvalue weighted by Crippen LogP contribution is -2.43. The molecule has 0 saturated carbocycles. The zero-order chi connectivity index (χ0) is 14.8. The van der Waals surface area contributed by atoms with Crippen LogP contribution >= 0.6 is 0 Å². The fraction of sp³-hybridized carbons (Fsp3) is 0.167. The molecule has 0 aliphatic carbocycles. The van der Waals surface area contributed by atoms with Crippen molar-refractivity contribution < 1.29 is 23.4 Å². The molecule has 106 valence electrons. The van der Waals surface area contributed by atoms with E-state index in [9.17, 15) is 13.2 Å². The number of carboxylic acids is 1. The van der Waals surface area contributed by atoms with Crippen LogP contribution in [0.25, 0.3) is 10.8 Å². The van der Waals surface area contributed by atoms with Crippen LogP contribution < -0.4 is 4.72 Å². The number of pyridine rings is 1. The van der Waals surface area contributed by atoms with Gasteiger partial charge in [-0.05, 0) is 12.1 Å². The smallest absolute Gasteiger partial charge is 0.324 e. The second-order valence-electron chi connectivity index (χ2n) is 4.05. The molecule has 1 heterocycles. The molecule has 20 heavy (non-hydrogen) atoms. The lowest BCUT2D eigenvalue weighted by Gasteiger charge is -2.13. The monoisotopic (exact) mass is 296 g/mol. The molecule has 0 radical (unpaired) electrons. The van der Waals surface area contributed by atoms with E-state index < -0.39 is 28.6 Å². The highest BCUT2D eigenvalue weighted by Gasteiger charge is 2.25. The van der Waals surface area contributed by atoms with E-state index in [1.165, 1.54) is 30.6 Å². The predicted molar refractivity (Wildman–Crippen MR) is 70.6 cm³/mol. The maximum Gasteiger partial charge on any atom is 0.324 e. The number of nitrogens with zero attached hydrogens (tertiary/aromatic N) is 1. The molecule has 0 aliphatic rings. The first-order valence-corrected chi connectivity index (χ1v) is 7.13. The van der Waals surface area contributed by atoms with Gasteiger partial charge in [-0.2, -0.15) is 4.72 Å². The third-order valence-corrected chi connectivity index (χ3v) is 4.24. The molecule has 0 spiro atoms. The summed E-state index contributed by atoms with van der Waals surface area (Å²) in [5.74, 6) is -1.45. The molecule has 7 nitrogen and oxygen atoms in total. The number of nitrogens with one attached hydrogen (secondary N) is 1. The van der Waals surface area contributed by atoms with E-state index in [1.807, 2.05) is 4.72 Å². The molecule has 1 unspecified atom stereocenters. The van der Waals surface area contributed by atoms with Gasteiger partial charge in [-0.25, -0.2) is 8.42 Å². The van der Waals surface area contributed by atoms with Gasteiger partial charge < -0.3 is 10.2 Å². The minimum atomic E-state index is -4.06. The molecule has 2 rings (SSSR count). The number of fused-ring (bicyclic) bond motifs is 1. The highest BCUT2D eigenvalue weighted by atomic mass is 32.2. The van der Waals surface area contributed by atoms with Crippen molar-refractivity contribution in [1.29, 1.82) is 0 Å². The number of aliphatic hydroxyl groups excluding tert-OH is 1. The Morgan fingerprint density at radius 2 is 2.10 bits per heavy atom. The van der Waals surface area contributed by atoms with Gasteiger partial charge in [0, 0.05) is 23.2 Å². The van der Waals surface area contributed by atoms with Crippen molar-refractivity contribution in [2.45, 2.75) is 10.9 Å². The van der Waals surface area contributed by atoms with Crippen LogP contribution in [0.3, 0.4) is 0 Å².